The molecule has 0 spiro atoms. The van der Waals surface area contributed by atoms with Crippen molar-refractivity contribution in [3.8, 4) is 0 Å². The van der Waals surface area contributed by atoms with Crippen LogP contribution in [0.15, 0.2) is 0 Å². The number of nitrogens with two attached hydrogens (primary N) is 1. The van der Waals surface area contributed by atoms with Crippen molar-refractivity contribution in [1.29, 1.82) is 0 Å². The summed E-state index contributed by atoms with van der Waals surface area (Å²) >= 11 is 0. The Bertz CT molecular complexity index is 256. The smallest absolute Gasteiger partial charge is 0.0691 e. The normalized spacial score (nSPS) is 38.8. The van der Waals surface area contributed by atoms with Gasteiger partial charge in [0.15, 0.2) is 0 Å². The maximum atomic E-state index is 12.1. The van der Waals surface area contributed by atoms with E-state index in [4.69, 9.17) is 15.2 Å². The minimum atomic E-state index is -0.857. The second-order valence-corrected chi connectivity index (χ2v) is 6.44. The van der Waals surface area contributed by atoms with Gasteiger partial charge in [0, 0.05) is 41.7 Å². The molecule has 16 heavy (non-hydrogen) atoms. The third-order valence-corrected chi connectivity index (χ3v) is 5.58. The summed E-state index contributed by atoms with van der Waals surface area (Å²) in [5, 5.41) is 0.174. The highest BCUT2D eigenvalue weighted by Crippen LogP contribution is 2.22. The van der Waals surface area contributed by atoms with Crippen LogP contribution in [0.2, 0.25) is 0 Å². The van der Waals surface area contributed by atoms with E-state index in [-0.39, 0.29) is 17.4 Å². The van der Waals surface area contributed by atoms with Gasteiger partial charge in [0.05, 0.1) is 18.0 Å². The molecule has 2 heterocycles. The number of hydrogen-bond donors (Lipinski definition) is 1. The Hall–Kier alpha value is 0.0300. The van der Waals surface area contributed by atoms with Crippen molar-refractivity contribution < 1.29 is 13.7 Å². The van der Waals surface area contributed by atoms with Crippen LogP contribution >= 0.6 is 0 Å². The van der Waals surface area contributed by atoms with E-state index in [1.807, 2.05) is 6.92 Å². The van der Waals surface area contributed by atoms with Gasteiger partial charge >= 0.3 is 0 Å². The number of hydrogen-bond acceptors (Lipinski definition) is 4. The maximum Gasteiger partial charge on any atom is 0.0691 e. The second kappa shape index (κ2) is 5.58. The number of rotatable bonds is 4. The molecule has 0 saturated carbocycles. The minimum absolute atomic E-state index is 0.0103. The van der Waals surface area contributed by atoms with Crippen LogP contribution in [0.1, 0.15) is 19.8 Å². The van der Waals surface area contributed by atoms with Crippen LogP contribution in [0.25, 0.3) is 0 Å². The molecule has 0 aromatic heterocycles. The van der Waals surface area contributed by atoms with Crippen LogP contribution in [-0.2, 0) is 20.3 Å². The van der Waals surface area contributed by atoms with E-state index in [0.29, 0.717) is 11.7 Å². The van der Waals surface area contributed by atoms with Crippen molar-refractivity contribution in [3.63, 3.8) is 0 Å². The summed E-state index contributed by atoms with van der Waals surface area (Å²) in [6.07, 6.45) is 2.03. The van der Waals surface area contributed by atoms with Gasteiger partial charge in [0.2, 0.25) is 0 Å². The predicted molar refractivity (Wildman–Crippen MR) is 63.7 cm³/mol. The summed E-state index contributed by atoms with van der Waals surface area (Å²) in [5.41, 5.74) is 6.08. The average Bonchev–Trinajstić information content (AvgIpc) is 2.86. The van der Waals surface area contributed by atoms with Crippen LogP contribution in [0.3, 0.4) is 0 Å². The molecule has 0 aromatic carbocycles. The second-order valence-electron chi connectivity index (χ2n) is 4.74. The largest absolute Gasteiger partial charge is 0.381 e. The lowest BCUT2D eigenvalue weighted by atomic mass is 10.0. The lowest BCUT2D eigenvalue weighted by Gasteiger charge is -2.20. The standard InChI is InChI=1S/C11H21NO3S/c1-8-11(3-5-15-8)16(13)7-10(12)9-2-4-14-6-9/h8-11H,2-7,12H2,1H3. The third kappa shape index (κ3) is 2.83. The molecule has 94 valence electrons. The highest BCUT2D eigenvalue weighted by Gasteiger charge is 2.32. The zero-order valence-corrected chi connectivity index (χ0v) is 10.6. The zero-order chi connectivity index (χ0) is 11.5. The molecule has 2 aliphatic rings. The molecule has 0 aromatic rings. The van der Waals surface area contributed by atoms with Gasteiger partial charge in [0.1, 0.15) is 0 Å². The zero-order valence-electron chi connectivity index (χ0n) is 9.76. The Balaban J connectivity index is 1.81. The molecule has 0 radical (unpaired) electrons. The molecule has 0 amide bonds. The van der Waals surface area contributed by atoms with E-state index in [1.165, 1.54) is 0 Å². The molecule has 4 nitrogen and oxygen atoms in total. The Morgan fingerprint density at radius 3 is 2.81 bits per heavy atom. The van der Waals surface area contributed by atoms with Crippen LogP contribution in [0, 0.1) is 5.92 Å². The molecule has 5 heteroatoms. The SMILES string of the molecule is CC1OCCC1S(=O)CC(N)C1CCOC1. The molecule has 2 N–H and O–H groups in total. The van der Waals surface area contributed by atoms with Crippen molar-refractivity contribution in [3.05, 3.63) is 0 Å². The topological polar surface area (TPSA) is 61.5 Å². The minimum Gasteiger partial charge on any atom is -0.381 e. The lowest BCUT2D eigenvalue weighted by molar-refractivity contribution is 0.127. The Morgan fingerprint density at radius 2 is 2.25 bits per heavy atom. The fraction of sp³-hybridized carbons (Fsp3) is 1.00. The van der Waals surface area contributed by atoms with Gasteiger partial charge in [-0.05, 0) is 19.8 Å². The summed E-state index contributed by atoms with van der Waals surface area (Å²) in [6, 6.07) is 0.0103. The number of ether oxygens (including phenoxy) is 2. The monoisotopic (exact) mass is 247 g/mol. The molecule has 2 fully saturated rings. The van der Waals surface area contributed by atoms with E-state index in [0.717, 1.165) is 32.7 Å². The van der Waals surface area contributed by atoms with Gasteiger partial charge in [-0.25, -0.2) is 0 Å². The molecule has 0 bridgehead atoms. The maximum absolute atomic E-state index is 12.1. The van der Waals surface area contributed by atoms with Crippen molar-refractivity contribution in [2.75, 3.05) is 25.6 Å². The van der Waals surface area contributed by atoms with Gasteiger partial charge in [-0.2, -0.15) is 0 Å². The van der Waals surface area contributed by atoms with E-state index in [9.17, 15) is 4.21 Å². The van der Waals surface area contributed by atoms with Crippen LogP contribution < -0.4 is 5.73 Å². The van der Waals surface area contributed by atoms with E-state index in [2.05, 4.69) is 0 Å². The van der Waals surface area contributed by atoms with Crippen molar-refractivity contribution >= 4 is 10.8 Å². The van der Waals surface area contributed by atoms with Crippen molar-refractivity contribution in [2.24, 2.45) is 11.7 Å². The van der Waals surface area contributed by atoms with Crippen molar-refractivity contribution in [2.45, 2.75) is 37.2 Å². The third-order valence-electron chi connectivity index (χ3n) is 3.57. The average molecular weight is 247 g/mol. The molecule has 2 saturated heterocycles. The lowest BCUT2D eigenvalue weighted by Crippen LogP contribution is -2.39. The highest BCUT2D eigenvalue weighted by molar-refractivity contribution is 7.85. The summed E-state index contributed by atoms with van der Waals surface area (Å²) < 4.78 is 22.9. The summed E-state index contributed by atoms with van der Waals surface area (Å²) in [7, 11) is -0.857. The molecule has 5 atom stereocenters. The van der Waals surface area contributed by atoms with E-state index in [1.54, 1.807) is 0 Å². The summed E-state index contributed by atoms with van der Waals surface area (Å²) in [4.78, 5) is 0. The first kappa shape index (κ1) is 12.5. The molecule has 0 aliphatic carbocycles. The first-order chi connectivity index (χ1) is 7.68. The molecular formula is C11H21NO3S. The van der Waals surface area contributed by atoms with Gasteiger partial charge in [0.25, 0.3) is 0 Å². The van der Waals surface area contributed by atoms with Gasteiger partial charge in [-0.1, -0.05) is 0 Å². The predicted octanol–water partition coefficient (Wildman–Crippen LogP) is 0.276. The van der Waals surface area contributed by atoms with Crippen LogP contribution in [0.4, 0.5) is 0 Å². The van der Waals surface area contributed by atoms with E-state index >= 15 is 0 Å². The van der Waals surface area contributed by atoms with Gasteiger partial charge in [-0.15, -0.1) is 0 Å². The van der Waals surface area contributed by atoms with Gasteiger partial charge in [-0.3, -0.25) is 4.21 Å². The molecule has 2 rings (SSSR count). The molecular weight excluding hydrogens is 226 g/mol. The summed E-state index contributed by atoms with van der Waals surface area (Å²) in [5.74, 6) is 0.980. The summed E-state index contributed by atoms with van der Waals surface area (Å²) in [6.45, 7) is 4.27. The highest BCUT2D eigenvalue weighted by atomic mass is 32.2. The Morgan fingerprint density at radius 1 is 1.44 bits per heavy atom. The first-order valence-corrected chi connectivity index (χ1v) is 7.39. The Kier molecular flexibility index (Phi) is 4.35. The van der Waals surface area contributed by atoms with Gasteiger partial charge < -0.3 is 15.2 Å². The molecule has 5 unspecified atom stereocenters. The van der Waals surface area contributed by atoms with Crippen LogP contribution in [-0.4, -0.2) is 47.2 Å². The fourth-order valence-electron chi connectivity index (χ4n) is 2.40. The fourth-order valence-corrected chi connectivity index (χ4v) is 4.16. The van der Waals surface area contributed by atoms with Crippen molar-refractivity contribution in [1.82, 2.24) is 0 Å². The Labute approximate surface area is 99.3 Å². The first-order valence-electron chi connectivity index (χ1n) is 6.00. The van der Waals surface area contributed by atoms with Crippen LogP contribution in [0.5, 0.6) is 0 Å². The van der Waals surface area contributed by atoms with E-state index < -0.39 is 10.8 Å². The molecule has 2 aliphatic heterocycles. The quantitative estimate of drug-likeness (QED) is 0.775.